The largest absolute Gasteiger partial charge is 0.364 e. The third-order valence-electron chi connectivity index (χ3n) is 3.44. The van der Waals surface area contributed by atoms with Crippen molar-refractivity contribution in [2.45, 2.75) is 25.8 Å². The van der Waals surface area contributed by atoms with E-state index in [4.69, 9.17) is 0 Å². The number of rotatable bonds is 6. The topological polar surface area (TPSA) is 24.4 Å². The second kappa shape index (κ2) is 7.58. The SMILES string of the molecule is C=C(/N=C(\CF)c1ccccc1)NC1C=CC(CC)=CC1. The normalized spacial score (nSPS) is 18.3. The first-order valence-electron chi connectivity index (χ1n) is 7.24. The van der Waals surface area contributed by atoms with E-state index >= 15 is 0 Å². The number of aliphatic imine (C=N–C) groups is 1. The maximum absolute atomic E-state index is 13.2. The third-order valence-corrected chi connectivity index (χ3v) is 3.44. The van der Waals surface area contributed by atoms with E-state index in [1.165, 1.54) is 5.57 Å². The highest BCUT2D eigenvalue weighted by atomic mass is 19.1. The lowest BCUT2D eigenvalue weighted by Crippen LogP contribution is -2.26. The second-order valence-corrected chi connectivity index (χ2v) is 4.98. The molecule has 2 rings (SSSR count). The number of alkyl halides is 1. The summed E-state index contributed by atoms with van der Waals surface area (Å²) in [6.45, 7) is 5.41. The smallest absolute Gasteiger partial charge is 0.132 e. The number of halogens is 1. The van der Waals surface area contributed by atoms with Gasteiger partial charge in [0.1, 0.15) is 12.5 Å². The van der Waals surface area contributed by atoms with E-state index in [2.05, 4.69) is 42.0 Å². The van der Waals surface area contributed by atoms with Gasteiger partial charge in [0.05, 0.1) is 5.71 Å². The molecule has 2 nitrogen and oxygen atoms in total. The van der Waals surface area contributed by atoms with Gasteiger partial charge in [0.25, 0.3) is 0 Å². The maximum atomic E-state index is 13.2. The molecule has 1 aliphatic rings. The molecular weight excluding hydrogens is 263 g/mol. The van der Waals surface area contributed by atoms with E-state index in [1.807, 2.05) is 30.3 Å². The summed E-state index contributed by atoms with van der Waals surface area (Å²) in [6.07, 6.45) is 8.39. The lowest BCUT2D eigenvalue weighted by atomic mass is 10.0. The molecule has 0 saturated heterocycles. The van der Waals surface area contributed by atoms with Crippen molar-refractivity contribution in [2.75, 3.05) is 6.67 Å². The minimum atomic E-state index is -0.606. The van der Waals surface area contributed by atoms with E-state index in [0.29, 0.717) is 11.5 Å². The number of allylic oxidation sites excluding steroid dienone is 2. The van der Waals surface area contributed by atoms with Gasteiger partial charge in [-0.3, -0.25) is 0 Å². The molecule has 0 aromatic heterocycles. The number of nitrogens with zero attached hydrogens (tertiary/aromatic N) is 1. The van der Waals surface area contributed by atoms with Crippen molar-refractivity contribution in [1.82, 2.24) is 5.32 Å². The van der Waals surface area contributed by atoms with Gasteiger partial charge in [-0.2, -0.15) is 0 Å². The molecule has 3 heteroatoms. The summed E-state index contributed by atoms with van der Waals surface area (Å²) in [6, 6.07) is 9.52. The molecule has 0 amide bonds. The molecule has 0 aliphatic heterocycles. The summed E-state index contributed by atoms with van der Waals surface area (Å²) < 4.78 is 13.2. The molecule has 1 N–H and O–H groups in total. The van der Waals surface area contributed by atoms with Crippen LogP contribution in [-0.4, -0.2) is 18.4 Å². The average molecular weight is 284 g/mol. The first kappa shape index (κ1) is 15.2. The van der Waals surface area contributed by atoms with Gasteiger partial charge in [0.15, 0.2) is 0 Å². The quantitative estimate of drug-likeness (QED) is 0.779. The Hall–Kier alpha value is -2.16. The first-order valence-corrected chi connectivity index (χ1v) is 7.24. The monoisotopic (exact) mass is 284 g/mol. The van der Waals surface area contributed by atoms with Crippen LogP contribution < -0.4 is 5.32 Å². The van der Waals surface area contributed by atoms with Crippen LogP contribution in [0.2, 0.25) is 0 Å². The van der Waals surface area contributed by atoms with E-state index in [-0.39, 0.29) is 6.04 Å². The van der Waals surface area contributed by atoms with E-state index in [1.54, 1.807) is 0 Å². The third kappa shape index (κ3) is 4.42. The summed E-state index contributed by atoms with van der Waals surface area (Å²) in [5, 5.41) is 3.22. The van der Waals surface area contributed by atoms with Crippen LogP contribution in [-0.2, 0) is 0 Å². The molecule has 0 fully saturated rings. The second-order valence-electron chi connectivity index (χ2n) is 4.98. The van der Waals surface area contributed by atoms with Gasteiger partial charge < -0.3 is 5.32 Å². The van der Waals surface area contributed by atoms with Gasteiger partial charge in [0.2, 0.25) is 0 Å². The molecule has 0 saturated carbocycles. The zero-order valence-corrected chi connectivity index (χ0v) is 12.3. The van der Waals surface area contributed by atoms with Crippen molar-refractivity contribution in [3.05, 3.63) is 72.1 Å². The lowest BCUT2D eigenvalue weighted by molar-refractivity contribution is 0.580. The zero-order chi connectivity index (χ0) is 15.1. The molecule has 21 heavy (non-hydrogen) atoms. The maximum Gasteiger partial charge on any atom is 0.132 e. The summed E-state index contributed by atoms with van der Waals surface area (Å²) >= 11 is 0. The molecule has 1 atom stereocenters. The Kier molecular flexibility index (Phi) is 5.50. The van der Waals surface area contributed by atoms with E-state index in [0.717, 1.165) is 18.4 Å². The van der Waals surface area contributed by atoms with Crippen molar-refractivity contribution >= 4 is 5.71 Å². The summed E-state index contributed by atoms with van der Waals surface area (Å²) in [4.78, 5) is 4.28. The molecule has 0 radical (unpaired) electrons. The van der Waals surface area contributed by atoms with E-state index < -0.39 is 6.67 Å². The summed E-state index contributed by atoms with van der Waals surface area (Å²) in [5.41, 5.74) is 2.53. The van der Waals surface area contributed by atoms with Crippen LogP contribution >= 0.6 is 0 Å². The van der Waals surface area contributed by atoms with Gasteiger partial charge in [-0.1, -0.05) is 67.6 Å². The van der Waals surface area contributed by atoms with Crippen LogP contribution in [0.4, 0.5) is 4.39 Å². The molecule has 1 unspecified atom stereocenters. The Morgan fingerprint density at radius 2 is 2.14 bits per heavy atom. The lowest BCUT2D eigenvalue weighted by Gasteiger charge is -2.18. The Morgan fingerprint density at radius 3 is 2.71 bits per heavy atom. The van der Waals surface area contributed by atoms with Crippen LogP contribution in [0.15, 0.2) is 71.5 Å². The average Bonchev–Trinajstić information content (AvgIpc) is 2.54. The standard InChI is InChI=1S/C18H21FN2/c1-3-15-9-11-17(12-10-15)20-14(2)21-18(13-19)16-7-5-4-6-8-16/h4-11,17,20H,2-3,12-13H2,1H3/b21-18+. The molecule has 0 spiro atoms. The summed E-state index contributed by atoms with van der Waals surface area (Å²) in [7, 11) is 0. The minimum Gasteiger partial charge on any atom is -0.364 e. The fourth-order valence-electron chi connectivity index (χ4n) is 2.25. The fraction of sp³-hybridized carbons (Fsp3) is 0.278. The Balaban J connectivity index is 1.99. The van der Waals surface area contributed by atoms with Gasteiger partial charge >= 0.3 is 0 Å². The van der Waals surface area contributed by atoms with Crippen LogP contribution in [0.3, 0.4) is 0 Å². The van der Waals surface area contributed by atoms with Crippen molar-refractivity contribution < 1.29 is 4.39 Å². The van der Waals surface area contributed by atoms with Crippen LogP contribution in [0.5, 0.6) is 0 Å². The van der Waals surface area contributed by atoms with Crippen molar-refractivity contribution in [3.63, 3.8) is 0 Å². The Bertz CT molecular complexity index is 570. The Labute approximate surface area is 125 Å². The highest BCUT2D eigenvalue weighted by Crippen LogP contribution is 2.14. The van der Waals surface area contributed by atoms with E-state index in [9.17, 15) is 4.39 Å². The van der Waals surface area contributed by atoms with Crippen LogP contribution in [0.1, 0.15) is 25.3 Å². The Morgan fingerprint density at radius 1 is 1.38 bits per heavy atom. The first-order chi connectivity index (χ1) is 10.2. The molecule has 1 aromatic rings. The van der Waals surface area contributed by atoms with Crippen molar-refractivity contribution in [2.24, 2.45) is 4.99 Å². The molecule has 110 valence electrons. The number of hydrogen-bond acceptors (Lipinski definition) is 2. The fourth-order valence-corrected chi connectivity index (χ4v) is 2.25. The van der Waals surface area contributed by atoms with Gasteiger partial charge in [0, 0.05) is 6.04 Å². The van der Waals surface area contributed by atoms with Crippen LogP contribution in [0, 0.1) is 0 Å². The van der Waals surface area contributed by atoms with Crippen molar-refractivity contribution in [3.8, 4) is 0 Å². The van der Waals surface area contributed by atoms with Crippen LogP contribution in [0.25, 0.3) is 0 Å². The van der Waals surface area contributed by atoms with Gasteiger partial charge in [-0.15, -0.1) is 0 Å². The molecule has 0 bridgehead atoms. The zero-order valence-electron chi connectivity index (χ0n) is 12.3. The number of hydrogen-bond donors (Lipinski definition) is 1. The molecule has 1 aliphatic carbocycles. The summed E-state index contributed by atoms with van der Waals surface area (Å²) in [5.74, 6) is 0.495. The minimum absolute atomic E-state index is 0.174. The highest BCUT2D eigenvalue weighted by molar-refractivity contribution is 6.02. The number of nitrogens with one attached hydrogen (secondary N) is 1. The highest BCUT2D eigenvalue weighted by Gasteiger charge is 2.09. The number of benzene rings is 1. The molecule has 1 aromatic carbocycles. The molecule has 0 heterocycles. The van der Waals surface area contributed by atoms with Gasteiger partial charge in [-0.05, 0) is 18.4 Å². The predicted molar refractivity (Wildman–Crippen MR) is 87.1 cm³/mol. The van der Waals surface area contributed by atoms with Gasteiger partial charge in [-0.25, -0.2) is 9.38 Å². The van der Waals surface area contributed by atoms with Crippen molar-refractivity contribution in [1.29, 1.82) is 0 Å². The molecular formula is C18H21FN2. The predicted octanol–water partition coefficient (Wildman–Crippen LogP) is 4.17.